The number of nitrogens with one attached hydrogen (secondary N) is 2. The van der Waals surface area contributed by atoms with Gasteiger partial charge in [-0.1, -0.05) is 75.2 Å². The zero-order valence-electron chi connectivity index (χ0n) is 33.1. The Morgan fingerprint density at radius 2 is 0.947 bits per heavy atom. The minimum atomic E-state index is -0.703. The van der Waals surface area contributed by atoms with E-state index < -0.39 is 23.3 Å². The molecule has 2 aliphatic carbocycles. The quantitative estimate of drug-likeness (QED) is 0.0454. The number of halogens is 4. The minimum Gasteiger partial charge on any atom is -0.430 e. The Hall–Kier alpha value is -4.21. The zero-order valence-corrected chi connectivity index (χ0v) is 34.7. The van der Waals surface area contributed by atoms with Gasteiger partial charge in [0, 0.05) is 49.6 Å². The van der Waals surface area contributed by atoms with E-state index in [1.165, 1.54) is 35.4 Å². The van der Waals surface area contributed by atoms with Gasteiger partial charge >= 0.3 is 21.7 Å². The smallest absolute Gasteiger partial charge is 0.430 e. The van der Waals surface area contributed by atoms with E-state index in [-0.39, 0.29) is 33.1 Å². The van der Waals surface area contributed by atoms with E-state index in [1.807, 2.05) is 85.0 Å². The SMILES string of the molecule is CCCCOCCc1ccccc1CNc1ccc(F)[c-]c1F.CCCCOCCc1ccccc1CNc1ccc(F)[c-]c1F.[C-]1=CC=CC1.[C-]1=CC=CC1.[Ti+4]. The molecule has 2 N–H and O–H groups in total. The standard InChI is InChI=1S/2C19H22F2NO.2C5H5.Ti/c2*1-2-3-11-23-12-10-15-6-4-5-7-16(15)14-22-19-9-8-17(20)13-18(19)21;2*1-2-4-5-3-1;/h2*4-9,22H,2-3,10-12,14H2,1H3;2*1-3H,4H2;/q4*-1;+4. The summed E-state index contributed by atoms with van der Waals surface area (Å²) in [5.74, 6) is -2.80. The Morgan fingerprint density at radius 3 is 1.26 bits per heavy atom. The molecule has 0 radical (unpaired) electrons. The molecule has 0 heterocycles. The van der Waals surface area contributed by atoms with E-state index >= 15 is 0 Å². The van der Waals surface area contributed by atoms with Gasteiger partial charge in [-0.05, 0) is 59.3 Å². The van der Waals surface area contributed by atoms with Crippen LogP contribution < -0.4 is 10.6 Å². The molecule has 2 aliphatic rings. The Kier molecular flexibility index (Phi) is 26.5. The number of ether oxygens (including phenoxy) is 2. The molecule has 0 bridgehead atoms. The van der Waals surface area contributed by atoms with Crippen LogP contribution >= 0.6 is 0 Å². The maximum atomic E-state index is 13.6. The monoisotopic (exact) mass is 814 g/mol. The number of rotatable bonds is 18. The summed E-state index contributed by atoms with van der Waals surface area (Å²) < 4.78 is 64.1. The second-order valence-electron chi connectivity index (χ2n) is 12.8. The summed E-state index contributed by atoms with van der Waals surface area (Å²) in [4.78, 5) is 0. The summed E-state index contributed by atoms with van der Waals surface area (Å²) in [5.41, 5.74) is 5.00. The van der Waals surface area contributed by atoms with Crippen molar-refractivity contribution < 1.29 is 48.8 Å². The molecule has 300 valence electrons. The molecule has 0 unspecified atom stereocenters. The number of unbranched alkanes of at least 4 members (excludes halogenated alkanes) is 2. The Bertz CT molecular complexity index is 1660. The van der Waals surface area contributed by atoms with Crippen LogP contribution in [-0.2, 0) is 57.1 Å². The summed E-state index contributed by atoms with van der Waals surface area (Å²) in [6.07, 6.45) is 26.0. The van der Waals surface area contributed by atoms with Crippen molar-refractivity contribution in [3.05, 3.63) is 179 Å². The van der Waals surface area contributed by atoms with Crippen LogP contribution in [-0.4, -0.2) is 26.4 Å². The molecule has 9 heteroatoms. The van der Waals surface area contributed by atoms with Crippen LogP contribution in [0.1, 0.15) is 74.6 Å². The van der Waals surface area contributed by atoms with E-state index in [0.717, 1.165) is 75.7 Å². The van der Waals surface area contributed by atoms with Gasteiger partial charge in [0.2, 0.25) is 0 Å². The van der Waals surface area contributed by atoms with E-state index in [1.54, 1.807) is 0 Å². The van der Waals surface area contributed by atoms with Crippen molar-refractivity contribution in [2.45, 2.75) is 78.3 Å². The van der Waals surface area contributed by atoms with E-state index in [2.05, 4.69) is 48.8 Å². The van der Waals surface area contributed by atoms with Gasteiger partial charge in [-0.25, -0.2) is 41.9 Å². The number of benzene rings is 4. The fourth-order valence-electron chi connectivity index (χ4n) is 5.23. The van der Waals surface area contributed by atoms with Gasteiger partial charge < -0.3 is 20.1 Å². The first-order valence-electron chi connectivity index (χ1n) is 19.4. The second-order valence-corrected chi connectivity index (χ2v) is 12.8. The average Bonchev–Trinajstić information content (AvgIpc) is 4.00. The van der Waals surface area contributed by atoms with Crippen LogP contribution in [0.5, 0.6) is 0 Å². The first-order valence-corrected chi connectivity index (χ1v) is 19.4. The van der Waals surface area contributed by atoms with Gasteiger partial charge in [0.15, 0.2) is 0 Å². The fourth-order valence-corrected chi connectivity index (χ4v) is 5.23. The summed E-state index contributed by atoms with van der Waals surface area (Å²) in [6, 6.07) is 25.2. The van der Waals surface area contributed by atoms with Gasteiger partial charge in [-0.3, -0.25) is 12.2 Å². The van der Waals surface area contributed by atoms with Gasteiger partial charge in [0.1, 0.15) is 0 Å². The van der Waals surface area contributed by atoms with E-state index in [4.69, 9.17) is 9.47 Å². The maximum absolute atomic E-state index is 13.6. The summed E-state index contributed by atoms with van der Waals surface area (Å²) >= 11 is 0. The van der Waals surface area contributed by atoms with E-state index in [0.29, 0.717) is 26.3 Å². The molecule has 0 spiro atoms. The van der Waals surface area contributed by atoms with Crippen LogP contribution in [0, 0.1) is 47.6 Å². The van der Waals surface area contributed by atoms with Crippen LogP contribution in [0.2, 0.25) is 0 Å². The number of hydrogen-bond acceptors (Lipinski definition) is 4. The molecule has 6 rings (SSSR count). The third-order valence-electron chi connectivity index (χ3n) is 8.39. The van der Waals surface area contributed by atoms with Crippen molar-refractivity contribution in [2.75, 3.05) is 37.1 Å². The molecule has 0 atom stereocenters. The van der Waals surface area contributed by atoms with Crippen LogP contribution in [0.3, 0.4) is 0 Å². The molecule has 0 amide bonds. The van der Waals surface area contributed by atoms with Crippen molar-refractivity contribution in [3.8, 4) is 0 Å². The minimum absolute atomic E-state index is 0. The van der Waals surface area contributed by atoms with Crippen molar-refractivity contribution >= 4 is 11.4 Å². The average molecular weight is 815 g/mol. The third-order valence-corrected chi connectivity index (χ3v) is 8.39. The summed E-state index contributed by atoms with van der Waals surface area (Å²) in [7, 11) is 0. The predicted octanol–water partition coefficient (Wildman–Crippen LogP) is 12.1. The molecule has 0 aliphatic heterocycles. The topological polar surface area (TPSA) is 42.5 Å². The molecular formula is C48H54F4N2O2Ti. The van der Waals surface area contributed by atoms with Crippen molar-refractivity contribution in [2.24, 2.45) is 0 Å². The molecule has 0 saturated heterocycles. The molecule has 57 heavy (non-hydrogen) atoms. The normalized spacial score (nSPS) is 11.8. The third kappa shape index (κ3) is 21.2. The molecule has 4 aromatic rings. The van der Waals surface area contributed by atoms with E-state index in [9.17, 15) is 17.6 Å². The predicted molar refractivity (Wildman–Crippen MR) is 220 cm³/mol. The van der Waals surface area contributed by atoms with Crippen LogP contribution in [0.15, 0.2) is 109 Å². The van der Waals surface area contributed by atoms with Gasteiger partial charge in [-0.2, -0.15) is 12.2 Å². The summed E-state index contributed by atoms with van der Waals surface area (Å²) in [5, 5.41) is 5.99. The Labute approximate surface area is 353 Å². The van der Waals surface area contributed by atoms with Gasteiger partial charge in [-0.15, -0.1) is 49.2 Å². The van der Waals surface area contributed by atoms with Crippen molar-refractivity contribution in [1.29, 1.82) is 0 Å². The Morgan fingerprint density at radius 1 is 0.544 bits per heavy atom. The molecule has 4 aromatic carbocycles. The molecule has 0 saturated carbocycles. The molecule has 0 aromatic heterocycles. The number of allylic oxidation sites excluding steroid dienone is 8. The number of anilines is 2. The first kappa shape index (κ1) is 48.9. The second kappa shape index (κ2) is 30.9. The van der Waals surface area contributed by atoms with Gasteiger partial charge in [0.05, 0.1) is 13.2 Å². The van der Waals surface area contributed by atoms with Crippen molar-refractivity contribution in [1.82, 2.24) is 0 Å². The maximum Gasteiger partial charge on any atom is 4.00 e. The molecule has 4 nitrogen and oxygen atoms in total. The number of hydrogen-bond donors (Lipinski definition) is 2. The van der Waals surface area contributed by atoms with Crippen LogP contribution in [0.4, 0.5) is 28.9 Å². The zero-order chi connectivity index (χ0) is 40.1. The molecule has 0 fully saturated rings. The van der Waals surface area contributed by atoms with Crippen molar-refractivity contribution in [3.63, 3.8) is 0 Å². The molecular weight excluding hydrogens is 760 g/mol. The van der Waals surface area contributed by atoms with Gasteiger partial charge in [0.25, 0.3) is 0 Å². The van der Waals surface area contributed by atoms with Crippen LogP contribution in [0.25, 0.3) is 0 Å². The fraction of sp³-hybridized carbons (Fsp3) is 0.333. The Balaban J connectivity index is 0.000000310. The summed E-state index contributed by atoms with van der Waals surface area (Å²) in [6.45, 7) is 8.14. The largest absolute Gasteiger partial charge is 4.00 e. The first-order chi connectivity index (χ1) is 27.4.